The summed E-state index contributed by atoms with van der Waals surface area (Å²) < 4.78 is 5.67. The Hall–Kier alpha value is -1.32. The fourth-order valence-corrected chi connectivity index (χ4v) is 1.80. The van der Waals surface area contributed by atoms with E-state index in [0.29, 0.717) is 6.61 Å². The molecule has 2 N–H and O–H groups in total. The Morgan fingerprint density at radius 3 is 2.30 bits per heavy atom. The van der Waals surface area contributed by atoms with Gasteiger partial charge in [-0.1, -0.05) is 32.1 Å². The van der Waals surface area contributed by atoms with Gasteiger partial charge in [0.05, 0.1) is 12.2 Å². The van der Waals surface area contributed by atoms with Crippen LogP contribution in [-0.2, 0) is 6.42 Å². The fraction of sp³-hybridized carbons (Fsp3) is 0.529. The summed E-state index contributed by atoms with van der Waals surface area (Å²) in [4.78, 5) is 0. The third kappa shape index (κ3) is 5.35. The molecule has 1 aromatic carbocycles. The number of ether oxygens (including phenoxy) is 1. The predicted octanol–water partition coefficient (Wildman–Crippen LogP) is 2.95. The second kappa shape index (κ2) is 8.08. The topological polar surface area (TPSA) is 49.7 Å². The molecule has 0 spiro atoms. The Kier molecular flexibility index (Phi) is 6.76. The lowest BCUT2D eigenvalue weighted by Crippen LogP contribution is -2.26. The van der Waals surface area contributed by atoms with Gasteiger partial charge < -0.3 is 14.9 Å². The average molecular weight is 278 g/mol. The van der Waals surface area contributed by atoms with Crippen LogP contribution in [0.5, 0.6) is 5.75 Å². The van der Waals surface area contributed by atoms with E-state index in [1.165, 1.54) is 5.56 Å². The number of hydrogen-bond donors (Lipinski definition) is 2. The second-order valence-electron chi connectivity index (χ2n) is 5.39. The molecule has 0 amide bonds. The molecule has 1 rings (SSSR count). The van der Waals surface area contributed by atoms with E-state index in [1.807, 2.05) is 26.0 Å². The first-order valence-corrected chi connectivity index (χ1v) is 7.19. The van der Waals surface area contributed by atoms with Gasteiger partial charge in [-0.3, -0.25) is 0 Å². The number of hydrogen-bond acceptors (Lipinski definition) is 3. The molecule has 0 bridgehead atoms. The average Bonchev–Trinajstić information content (AvgIpc) is 2.44. The van der Waals surface area contributed by atoms with Crippen LogP contribution in [0.4, 0.5) is 0 Å². The van der Waals surface area contributed by atoms with E-state index in [2.05, 4.69) is 19.1 Å². The molecule has 0 aliphatic heterocycles. The summed E-state index contributed by atoms with van der Waals surface area (Å²) >= 11 is 0. The van der Waals surface area contributed by atoms with E-state index in [-0.39, 0.29) is 5.92 Å². The van der Waals surface area contributed by atoms with Crippen molar-refractivity contribution in [3.63, 3.8) is 0 Å². The molecule has 0 aliphatic carbocycles. The van der Waals surface area contributed by atoms with Crippen molar-refractivity contribution in [2.45, 2.75) is 46.3 Å². The van der Waals surface area contributed by atoms with Crippen LogP contribution in [0, 0.1) is 5.92 Å². The van der Waals surface area contributed by atoms with Gasteiger partial charge in [-0.05, 0) is 43.5 Å². The third-order valence-electron chi connectivity index (χ3n) is 3.55. The standard InChI is InChI=1S/C17H26O3/c1-5-15-6-8-16(9-7-15)20-11-12(2)10-17(19)13(3)14(4)18/h6-10,13-14,17-19H,5,11H2,1-4H3/b12-10+/t13-,14?,17?/m0/s1. The first-order chi connectivity index (χ1) is 9.43. The van der Waals surface area contributed by atoms with E-state index in [9.17, 15) is 10.2 Å². The summed E-state index contributed by atoms with van der Waals surface area (Å²) in [7, 11) is 0. The molecule has 3 atom stereocenters. The van der Waals surface area contributed by atoms with Crippen molar-refractivity contribution in [1.82, 2.24) is 0 Å². The molecular formula is C17H26O3. The molecule has 0 aromatic heterocycles. The quantitative estimate of drug-likeness (QED) is 0.754. The molecule has 0 saturated carbocycles. The van der Waals surface area contributed by atoms with Gasteiger partial charge in [0.15, 0.2) is 0 Å². The van der Waals surface area contributed by atoms with Crippen LogP contribution in [0.1, 0.15) is 33.3 Å². The molecule has 0 heterocycles. The zero-order valence-electron chi connectivity index (χ0n) is 12.8. The van der Waals surface area contributed by atoms with Gasteiger partial charge in [-0.2, -0.15) is 0 Å². The summed E-state index contributed by atoms with van der Waals surface area (Å²) in [6.07, 6.45) is 1.58. The molecule has 0 aliphatic rings. The summed E-state index contributed by atoms with van der Waals surface area (Å²) in [5.74, 6) is 0.641. The maximum Gasteiger partial charge on any atom is 0.119 e. The third-order valence-corrected chi connectivity index (χ3v) is 3.55. The maximum absolute atomic E-state index is 9.93. The number of benzene rings is 1. The van der Waals surface area contributed by atoms with Crippen LogP contribution in [0.25, 0.3) is 0 Å². The van der Waals surface area contributed by atoms with Gasteiger partial charge in [-0.25, -0.2) is 0 Å². The lowest BCUT2D eigenvalue weighted by molar-refractivity contribution is 0.0559. The highest BCUT2D eigenvalue weighted by molar-refractivity contribution is 5.27. The highest BCUT2D eigenvalue weighted by atomic mass is 16.5. The van der Waals surface area contributed by atoms with Crippen LogP contribution >= 0.6 is 0 Å². The van der Waals surface area contributed by atoms with Crippen molar-refractivity contribution in [1.29, 1.82) is 0 Å². The molecule has 1 aromatic rings. The predicted molar refractivity (Wildman–Crippen MR) is 81.9 cm³/mol. The monoisotopic (exact) mass is 278 g/mol. The molecule has 20 heavy (non-hydrogen) atoms. The van der Waals surface area contributed by atoms with Crippen molar-refractivity contribution in [2.24, 2.45) is 5.92 Å². The van der Waals surface area contributed by atoms with Gasteiger partial charge >= 0.3 is 0 Å². The summed E-state index contributed by atoms with van der Waals surface area (Å²) in [6, 6.07) is 8.03. The minimum Gasteiger partial charge on any atom is -0.489 e. The molecule has 3 nitrogen and oxygen atoms in total. The molecule has 0 saturated heterocycles. The van der Waals surface area contributed by atoms with Gasteiger partial charge in [0.2, 0.25) is 0 Å². The van der Waals surface area contributed by atoms with E-state index >= 15 is 0 Å². The maximum atomic E-state index is 9.93. The number of rotatable bonds is 7. The lowest BCUT2D eigenvalue weighted by atomic mass is 9.98. The summed E-state index contributed by atoms with van der Waals surface area (Å²) in [5.41, 5.74) is 2.23. The Balaban J connectivity index is 2.51. The van der Waals surface area contributed by atoms with E-state index in [4.69, 9.17) is 4.74 Å². The molecule has 3 heteroatoms. The largest absolute Gasteiger partial charge is 0.489 e. The summed E-state index contributed by atoms with van der Waals surface area (Å²) in [6.45, 7) is 7.98. The Bertz CT molecular complexity index is 420. The number of aliphatic hydroxyl groups is 2. The number of aryl methyl sites for hydroxylation is 1. The van der Waals surface area contributed by atoms with Crippen LogP contribution in [0.3, 0.4) is 0 Å². The van der Waals surface area contributed by atoms with Crippen molar-refractivity contribution in [3.05, 3.63) is 41.5 Å². The number of aliphatic hydroxyl groups excluding tert-OH is 2. The molecule has 2 unspecified atom stereocenters. The smallest absolute Gasteiger partial charge is 0.119 e. The minimum absolute atomic E-state index is 0.186. The Morgan fingerprint density at radius 1 is 1.20 bits per heavy atom. The van der Waals surface area contributed by atoms with Crippen molar-refractivity contribution >= 4 is 0 Å². The minimum atomic E-state index is -0.652. The van der Waals surface area contributed by atoms with E-state index < -0.39 is 12.2 Å². The fourth-order valence-electron chi connectivity index (χ4n) is 1.80. The molecule has 0 fully saturated rings. The lowest BCUT2D eigenvalue weighted by Gasteiger charge is -2.19. The normalized spacial score (nSPS) is 16.6. The molecular weight excluding hydrogens is 252 g/mol. The zero-order valence-corrected chi connectivity index (χ0v) is 12.8. The van der Waals surface area contributed by atoms with Crippen LogP contribution in [0.15, 0.2) is 35.9 Å². The first kappa shape index (κ1) is 16.7. The van der Waals surface area contributed by atoms with Crippen LogP contribution < -0.4 is 4.74 Å². The highest BCUT2D eigenvalue weighted by Crippen LogP contribution is 2.15. The van der Waals surface area contributed by atoms with Gasteiger partial charge in [0.25, 0.3) is 0 Å². The van der Waals surface area contributed by atoms with Crippen molar-refractivity contribution in [2.75, 3.05) is 6.61 Å². The summed E-state index contributed by atoms with van der Waals surface area (Å²) in [5, 5.41) is 19.4. The Labute approximate surface area is 121 Å². The van der Waals surface area contributed by atoms with Crippen LogP contribution in [0.2, 0.25) is 0 Å². The molecule has 112 valence electrons. The van der Waals surface area contributed by atoms with E-state index in [0.717, 1.165) is 17.7 Å². The van der Waals surface area contributed by atoms with Gasteiger partial charge in [-0.15, -0.1) is 0 Å². The van der Waals surface area contributed by atoms with Crippen LogP contribution in [-0.4, -0.2) is 29.0 Å². The first-order valence-electron chi connectivity index (χ1n) is 7.19. The Morgan fingerprint density at radius 2 is 1.80 bits per heavy atom. The van der Waals surface area contributed by atoms with Gasteiger partial charge in [0, 0.05) is 5.92 Å². The van der Waals surface area contributed by atoms with E-state index in [1.54, 1.807) is 13.0 Å². The van der Waals surface area contributed by atoms with Gasteiger partial charge in [0.1, 0.15) is 12.4 Å². The van der Waals surface area contributed by atoms with Crippen molar-refractivity contribution in [3.8, 4) is 5.75 Å². The second-order valence-corrected chi connectivity index (χ2v) is 5.39. The molecule has 0 radical (unpaired) electrons. The van der Waals surface area contributed by atoms with Crippen molar-refractivity contribution < 1.29 is 14.9 Å². The zero-order chi connectivity index (χ0) is 15.1. The highest BCUT2D eigenvalue weighted by Gasteiger charge is 2.16. The SMILES string of the molecule is CCc1ccc(OC/C(C)=C/C(O)[C@@H](C)C(C)O)cc1.